The van der Waals surface area contributed by atoms with E-state index in [1.54, 1.807) is 6.26 Å². The molecule has 0 unspecified atom stereocenters. The molecule has 2 aromatic rings. The van der Waals surface area contributed by atoms with Crippen LogP contribution >= 0.6 is 0 Å². The van der Waals surface area contributed by atoms with Crippen molar-refractivity contribution in [2.45, 2.75) is 51.7 Å². The minimum atomic E-state index is 0.623. The van der Waals surface area contributed by atoms with Gasteiger partial charge < -0.3 is 9.73 Å². The molecule has 0 aromatic carbocycles. The fourth-order valence-corrected chi connectivity index (χ4v) is 2.78. The van der Waals surface area contributed by atoms with Crippen LogP contribution in [0.2, 0.25) is 0 Å². The summed E-state index contributed by atoms with van der Waals surface area (Å²) < 4.78 is 7.48. The van der Waals surface area contributed by atoms with Crippen LogP contribution in [0.1, 0.15) is 48.7 Å². The third kappa shape index (κ3) is 2.89. The summed E-state index contributed by atoms with van der Waals surface area (Å²) in [5, 5.41) is 8.06. The van der Waals surface area contributed by atoms with Gasteiger partial charge in [-0.05, 0) is 31.9 Å². The molecule has 0 amide bonds. The number of hydrogen-bond donors (Lipinski definition) is 1. The van der Waals surface area contributed by atoms with Gasteiger partial charge in [0.25, 0.3) is 0 Å². The molecule has 102 valence electrons. The highest BCUT2D eigenvalue weighted by molar-refractivity contribution is 5.16. The summed E-state index contributed by atoms with van der Waals surface area (Å²) in [6.07, 6.45) is 9.16. The molecule has 0 atom stereocenters. The second kappa shape index (κ2) is 5.61. The van der Waals surface area contributed by atoms with Gasteiger partial charge in [-0.2, -0.15) is 5.10 Å². The van der Waals surface area contributed by atoms with Gasteiger partial charge in [0, 0.05) is 18.3 Å². The van der Waals surface area contributed by atoms with Crippen LogP contribution in [-0.2, 0) is 13.1 Å². The Kier molecular flexibility index (Phi) is 3.69. The van der Waals surface area contributed by atoms with Gasteiger partial charge >= 0.3 is 0 Å². The second-order valence-electron chi connectivity index (χ2n) is 5.34. The lowest BCUT2D eigenvalue weighted by Gasteiger charge is -2.08. The molecule has 2 heterocycles. The predicted octanol–water partition coefficient (Wildman–Crippen LogP) is 3.19. The molecule has 3 rings (SSSR count). The van der Waals surface area contributed by atoms with Gasteiger partial charge in [0.15, 0.2) is 0 Å². The van der Waals surface area contributed by atoms with E-state index in [0.29, 0.717) is 6.04 Å². The van der Waals surface area contributed by atoms with E-state index in [4.69, 9.17) is 4.42 Å². The summed E-state index contributed by atoms with van der Waals surface area (Å²) in [5.74, 6) is 0.973. The Morgan fingerprint density at radius 1 is 1.37 bits per heavy atom. The van der Waals surface area contributed by atoms with E-state index < -0.39 is 0 Å². The SMILES string of the molecule is Cc1nn(C2CCCC2)cc1CNCc1ccco1. The Hall–Kier alpha value is -1.55. The van der Waals surface area contributed by atoms with Crippen LogP contribution in [0.5, 0.6) is 0 Å². The Morgan fingerprint density at radius 2 is 2.21 bits per heavy atom. The molecule has 1 aliphatic rings. The summed E-state index contributed by atoms with van der Waals surface area (Å²) in [6.45, 7) is 3.70. The molecule has 0 spiro atoms. The normalized spacial score (nSPS) is 16.3. The summed E-state index contributed by atoms with van der Waals surface area (Å²) in [7, 11) is 0. The number of aryl methyl sites for hydroxylation is 1. The third-order valence-corrected chi connectivity index (χ3v) is 3.91. The maximum atomic E-state index is 5.30. The Balaban J connectivity index is 1.58. The van der Waals surface area contributed by atoms with E-state index in [1.807, 2.05) is 12.1 Å². The smallest absolute Gasteiger partial charge is 0.117 e. The lowest BCUT2D eigenvalue weighted by atomic mass is 10.2. The highest BCUT2D eigenvalue weighted by Gasteiger charge is 2.18. The fourth-order valence-electron chi connectivity index (χ4n) is 2.78. The zero-order chi connectivity index (χ0) is 13.1. The largest absolute Gasteiger partial charge is 0.468 e. The van der Waals surface area contributed by atoms with Gasteiger partial charge in [-0.1, -0.05) is 12.8 Å². The lowest BCUT2D eigenvalue weighted by Crippen LogP contribution is -2.12. The molecule has 1 aliphatic carbocycles. The van der Waals surface area contributed by atoms with E-state index in [-0.39, 0.29) is 0 Å². The van der Waals surface area contributed by atoms with Crippen LogP contribution in [0.25, 0.3) is 0 Å². The number of rotatable bonds is 5. The highest BCUT2D eigenvalue weighted by atomic mass is 16.3. The van der Waals surface area contributed by atoms with Gasteiger partial charge in [-0.25, -0.2) is 0 Å². The zero-order valence-electron chi connectivity index (χ0n) is 11.4. The van der Waals surface area contributed by atoms with Crippen molar-refractivity contribution in [3.8, 4) is 0 Å². The maximum Gasteiger partial charge on any atom is 0.117 e. The standard InChI is InChI=1S/C15H21N3O/c1-12-13(9-16-10-15-7-4-8-19-15)11-18(17-12)14-5-2-3-6-14/h4,7-8,11,14,16H,2-3,5-6,9-10H2,1H3. The minimum absolute atomic E-state index is 0.623. The molecule has 0 saturated heterocycles. The molecular weight excluding hydrogens is 238 g/mol. The molecule has 19 heavy (non-hydrogen) atoms. The number of hydrogen-bond acceptors (Lipinski definition) is 3. The highest BCUT2D eigenvalue weighted by Crippen LogP contribution is 2.29. The lowest BCUT2D eigenvalue weighted by molar-refractivity contribution is 0.463. The van der Waals surface area contributed by atoms with Gasteiger partial charge in [-0.3, -0.25) is 4.68 Å². The first-order valence-corrected chi connectivity index (χ1v) is 7.10. The molecule has 1 saturated carbocycles. The molecule has 2 aromatic heterocycles. The quantitative estimate of drug-likeness (QED) is 0.896. The van der Waals surface area contributed by atoms with Crippen LogP contribution in [0.3, 0.4) is 0 Å². The average molecular weight is 259 g/mol. The van der Waals surface area contributed by atoms with Crippen molar-refractivity contribution in [3.63, 3.8) is 0 Å². The van der Waals surface area contributed by atoms with Crippen LogP contribution in [0.4, 0.5) is 0 Å². The van der Waals surface area contributed by atoms with E-state index >= 15 is 0 Å². The zero-order valence-corrected chi connectivity index (χ0v) is 11.4. The summed E-state index contributed by atoms with van der Waals surface area (Å²) >= 11 is 0. The average Bonchev–Trinajstić information content (AvgIpc) is 3.11. The van der Waals surface area contributed by atoms with Crippen LogP contribution < -0.4 is 5.32 Å². The monoisotopic (exact) mass is 259 g/mol. The van der Waals surface area contributed by atoms with Crippen molar-refractivity contribution in [1.29, 1.82) is 0 Å². The van der Waals surface area contributed by atoms with Gasteiger partial charge in [-0.15, -0.1) is 0 Å². The number of furan rings is 1. The van der Waals surface area contributed by atoms with Crippen LogP contribution in [-0.4, -0.2) is 9.78 Å². The summed E-state index contributed by atoms with van der Waals surface area (Å²) in [5.41, 5.74) is 2.43. The molecular formula is C15H21N3O. The van der Waals surface area contributed by atoms with E-state index in [0.717, 1.165) is 24.5 Å². The van der Waals surface area contributed by atoms with E-state index in [1.165, 1.54) is 31.2 Å². The first-order valence-electron chi connectivity index (χ1n) is 7.10. The Morgan fingerprint density at radius 3 is 2.95 bits per heavy atom. The molecule has 0 bridgehead atoms. The van der Waals surface area contributed by atoms with E-state index in [9.17, 15) is 0 Å². The first kappa shape index (κ1) is 12.5. The second-order valence-corrected chi connectivity index (χ2v) is 5.34. The van der Waals surface area contributed by atoms with Crippen molar-refractivity contribution in [3.05, 3.63) is 41.6 Å². The van der Waals surface area contributed by atoms with Crippen molar-refractivity contribution in [2.75, 3.05) is 0 Å². The Bertz CT molecular complexity index is 509. The molecule has 1 fully saturated rings. The van der Waals surface area contributed by atoms with E-state index in [2.05, 4.69) is 28.2 Å². The van der Waals surface area contributed by atoms with Crippen LogP contribution in [0.15, 0.2) is 29.0 Å². The van der Waals surface area contributed by atoms with Crippen molar-refractivity contribution in [2.24, 2.45) is 0 Å². The number of nitrogens with zero attached hydrogens (tertiary/aromatic N) is 2. The van der Waals surface area contributed by atoms with Gasteiger partial charge in [0.05, 0.1) is 24.5 Å². The predicted molar refractivity (Wildman–Crippen MR) is 73.7 cm³/mol. The maximum absolute atomic E-state index is 5.30. The molecule has 1 N–H and O–H groups in total. The van der Waals surface area contributed by atoms with Crippen LogP contribution in [0, 0.1) is 6.92 Å². The summed E-state index contributed by atoms with van der Waals surface area (Å²) in [6, 6.07) is 4.53. The molecule has 4 nitrogen and oxygen atoms in total. The molecule has 0 radical (unpaired) electrons. The minimum Gasteiger partial charge on any atom is -0.468 e. The molecule has 0 aliphatic heterocycles. The number of nitrogens with one attached hydrogen (secondary N) is 1. The van der Waals surface area contributed by atoms with Gasteiger partial charge in [0.1, 0.15) is 5.76 Å². The van der Waals surface area contributed by atoms with Gasteiger partial charge in [0.2, 0.25) is 0 Å². The first-order chi connectivity index (χ1) is 9.33. The van der Waals surface area contributed by atoms with Crippen molar-refractivity contribution in [1.82, 2.24) is 15.1 Å². The Labute approximate surface area is 113 Å². The van der Waals surface area contributed by atoms with Crippen molar-refractivity contribution < 1.29 is 4.42 Å². The van der Waals surface area contributed by atoms with Crippen molar-refractivity contribution >= 4 is 0 Å². The fraction of sp³-hybridized carbons (Fsp3) is 0.533. The topological polar surface area (TPSA) is 43.0 Å². The molecule has 4 heteroatoms. The third-order valence-electron chi connectivity index (χ3n) is 3.91. The number of aromatic nitrogens is 2. The summed E-state index contributed by atoms with van der Waals surface area (Å²) in [4.78, 5) is 0.